The van der Waals surface area contributed by atoms with Gasteiger partial charge in [-0.25, -0.2) is 0 Å². The molecule has 0 heterocycles. The SMILES string of the molecule is COC(=O)CC1(CSC2CCC(=O)C2C)CC1. The van der Waals surface area contributed by atoms with E-state index in [2.05, 4.69) is 0 Å². The average molecular weight is 256 g/mol. The van der Waals surface area contributed by atoms with Crippen molar-refractivity contribution < 1.29 is 14.3 Å². The van der Waals surface area contributed by atoms with Crippen molar-refractivity contribution in [2.24, 2.45) is 11.3 Å². The molecule has 2 aliphatic carbocycles. The number of carbonyl (C=O) groups is 2. The molecule has 0 aromatic carbocycles. The van der Waals surface area contributed by atoms with E-state index in [1.54, 1.807) is 0 Å². The number of hydrogen-bond donors (Lipinski definition) is 0. The Balaban J connectivity index is 1.78. The van der Waals surface area contributed by atoms with Gasteiger partial charge in [0.05, 0.1) is 13.5 Å². The van der Waals surface area contributed by atoms with Crippen LogP contribution in [0, 0.1) is 11.3 Å². The summed E-state index contributed by atoms with van der Waals surface area (Å²) < 4.78 is 4.73. The first kappa shape index (κ1) is 12.9. The summed E-state index contributed by atoms with van der Waals surface area (Å²) in [7, 11) is 1.45. The van der Waals surface area contributed by atoms with Crippen LogP contribution in [0.4, 0.5) is 0 Å². The van der Waals surface area contributed by atoms with Crippen molar-refractivity contribution >= 4 is 23.5 Å². The number of carbonyl (C=O) groups excluding carboxylic acids is 2. The molecule has 2 saturated carbocycles. The second-order valence-electron chi connectivity index (χ2n) is 5.40. The fourth-order valence-corrected chi connectivity index (χ4v) is 4.09. The Labute approximate surface area is 107 Å². The first-order chi connectivity index (χ1) is 8.06. The fraction of sp³-hybridized carbons (Fsp3) is 0.846. The molecule has 0 bridgehead atoms. The zero-order chi connectivity index (χ0) is 12.5. The van der Waals surface area contributed by atoms with Crippen LogP contribution in [-0.2, 0) is 14.3 Å². The molecule has 2 rings (SSSR count). The van der Waals surface area contributed by atoms with Crippen molar-refractivity contribution in [1.82, 2.24) is 0 Å². The van der Waals surface area contributed by atoms with E-state index in [9.17, 15) is 9.59 Å². The molecule has 0 N–H and O–H groups in total. The Bertz CT molecular complexity index is 323. The molecule has 4 heteroatoms. The van der Waals surface area contributed by atoms with E-state index >= 15 is 0 Å². The maximum atomic E-state index is 11.5. The molecule has 17 heavy (non-hydrogen) atoms. The predicted molar refractivity (Wildman–Crippen MR) is 68.0 cm³/mol. The van der Waals surface area contributed by atoms with E-state index in [0.717, 1.165) is 31.4 Å². The van der Waals surface area contributed by atoms with E-state index in [4.69, 9.17) is 4.74 Å². The quantitative estimate of drug-likeness (QED) is 0.709. The van der Waals surface area contributed by atoms with E-state index < -0.39 is 0 Å². The third-order valence-corrected chi connectivity index (χ3v) is 5.90. The van der Waals surface area contributed by atoms with Crippen LogP contribution in [0.5, 0.6) is 0 Å². The first-order valence-electron chi connectivity index (χ1n) is 6.27. The predicted octanol–water partition coefficient (Wildman–Crippen LogP) is 2.43. The van der Waals surface area contributed by atoms with Crippen LogP contribution in [0.2, 0.25) is 0 Å². The van der Waals surface area contributed by atoms with Crippen molar-refractivity contribution in [3.05, 3.63) is 0 Å². The molecule has 0 amide bonds. The van der Waals surface area contributed by atoms with Crippen molar-refractivity contribution in [3.8, 4) is 0 Å². The standard InChI is InChI=1S/C13H20O3S/c1-9-10(14)3-4-11(9)17-8-13(5-6-13)7-12(15)16-2/h9,11H,3-8H2,1-2H3. The number of ether oxygens (including phenoxy) is 1. The second-order valence-corrected chi connectivity index (χ2v) is 6.62. The van der Waals surface area contributed by atoms with Gasteiger partial charge in [-0.2, -0.15) is 11.8 Å². The molecule has 0 spiro atoms. The molecule has 2 fully saturated rings. The lowest BCUT2D eigenvalue weighted by Crippen LogP contribution is -2.18. The number of rotatable bonds is 5. The molecule has 2 atom stereocenters. The Kier molecular flexibility index (Phi) is 3.81. The van der Waals surface area contributed by atoms with E-state index in [1.807, 2.05) is 18.7 Å². The Hall–Kier alpha value is -0.510. The molecule has 96 valence electrons. The smallest absolute Gasteiger partial charge is 0.306 e. The van der Waals surface area contributed by atoms with Crippen LogP contribution < -0.4 is 0 Å². The lowest BCUT2D eigenvalue weighted by Gasteiger charge is -2.18. The summed E-state index contributed by atoms with van der Waals surface area (Å²) in [5.41, 5.74) is 0.184. The van der Waals surface area contributed by atoms with E-state index in [0.29, 0.717) is 17.5 Å². The van der Waals surface area contributed by atoms with Gasteiger partial charge < -0.3 is 4.74 Å². The number of ketones is 1. The van der Waals surface area contributed by atoms with Gasteiger partial charge in [0.25, 0.3) is 0 Å². The van der Waals surface area contributed by atoms with Crippen molar-refractivity contribution in [3.63, 3.8) is 0 Å². The highest BCUT2D eigenvalue weighted by Gasteiger charge is 2.45. The van der Waals surface area contributed by atoms with Crippen LogP contribution in [0.15, 0.2) is 0 Å². The van der Waals surface area contributed by atoms with Crippen molar-refractivity contribution in [2.45, 2.75) is 44.3 Å². The van der Waals surface area contributed by atoms with Gasteiger partial charge in [-0.1, -0.05) is 6.92 Å². The van der Waals surface area contributed by atoms with Gasteiger partial charge in [-0.3, -0.25) is 9.59 Å². The van der Waals surface area contributed by atoms with Gasteiger partial charge in [0, 0.05) is 17.6 Å². The van der Waals surface area contributed by atoms with Gasteiger partial charge in [0.2, 0.25) is 0 Å². The number of methoxy groups -OCH3 is 1. The molecule has 2 unspecified atom stereocenters. The zero-order valence-corrected chi connectivity index (χ0v) is 11.3. The maximum absolute atomic E-state index is 11.5. The third-order valence-electron chi connectivity index (χ3n) is 4.05. The average Bonchev–Trinajstić information content (AvgIpc) is 3.00. The van der Waals surface area contributed by atoms with Gasteiger partial charge in [-0.05, 0) is 30.4 Å². The number of thioether (sulfide) groups is 1. The Morgan fingerprint density at radius 1 is 1.53 bits per heavy atom. The number of hydrogen-bond acceptors (Lipinski definition) is 4. The summed E-state index contributed by atoms with van der Waals surface area (Å²) in [4.78, 5) is 22.8. The third kappa shape index (κ3) is 3.03. The van der Waals surface area contributed by atoms with E-state index in [1.165, 1.54) is 7.11 Å². The topological polar surface area (TPSA) is 43.4 Å². The molecule has 2 aliphatic rings. The van der Waals surface area contributed by atoms with Crippen LogP contribution in [0.3, 0.4) is 0 Å². The summed E-state index contributed by atoms with van der Waals surface area (Å²) in [6.45, 7) is 2.03. The van der Waals surface area contributed by atoms with Gasteiger partial charge in [0.1, 0.15) is 5.78 Å². The van der Waals surface area contributed by atoms with E-state index in [-0.39, 0.29) is 17.3 Å². The summed E-state index contributed by atoms with van der Waals surface area (Å²) in [6, 6.07) is 0. The van der Waals surface area contributed by atoms with Gasteiger partial charge >= 0.3 is 5.97 Å². The fourth-order valence-electron chi connectivity index (χ4n) is 2.41. The van der Waals surface area contributed by atoms with Crippen molar-refractivity contribution in [1.29, 1.82) is 0 Å². The van der Waals surface area contributed by atoms with Crippen molar-refractivity contribution in [2.75, 3.05) is 12.9 Å². The molecule has 0 radical (unpaired) electrons. The maximum Gasteiger partial charge on any atom is 0.306 e. The zero-order valence-electron chi connectivity index (χ0n) is 10.5. The van der Waals surface area contributed by atoms with Crippen LogP contribution in [0.1, 0.15) is 39.0 Å². The minimum atomic E-state index is -0.0985. The summed E-state index contributed by atoms with van der Waals surface area (Å²) >= 11 is 1.89. The Morgan fingerprint density at radius 3 is 2.71 bits per heavy atom. The molecular formula is C13H20O3S. The number of Topliss-reactive ketones (excluding diaryl/α,β-unsaturated/α-hetero) is 1. The van der Waals surface area contributed by atoms with Crippen LogP contribution in [0.25, 0.3) is 0 Å². The van der Waals surface area contributed by atoms with Crippen LogP contribution >= 0.6 is 11.8 Å². The lowest BCUT2D eigenvalue weighted by atomic mass is 10.1. The second kappa shape index (κ2) is 5.01. The highest BCUT2D eigenvalue weighted by Crippen LogP contribution is 2.52. The molecule has 0 aliphatic heterocycles. The molecule has 0 saturated heterocycles. The Morgan fingerprint density at radius 2 is 2.24 bits per heavy atom. The molecule has 0 aromatic rings. The number of esters is 1. The summed E-state index contributed by atoms with van der Waals surface area (Å²) in [6.07, 6.45) is 4.56. The molecule has 0 aromatic heterocycles. The molecular weight excluding hydrogens is 236 g/mol. The monoisotopic (exact) mass is 256 g/mol. The minimum Gasteiger partial charge on any atom is -0.469 e. The highest BCUT2D eigenvalue weighted by atomic mass is 32.2. The summed E-state index contributed by atoms with van der Waals surface area (Å²) in [5, 5.41) is 0.470. The van der Waals surface area contributed by atoms with Crippen LogP contribution in [-0.4, -0.2) is 29.9 Å². The molecule has 3 nitrogen and oxygen atoms in total. The normalized spacial score (nSPS) is 30.4. The largest absolute Gasteiger partial charge is 0.469 e. The summed E-state index contributed by atoms with van der Waals surface area (Å²) in [5.74, 6) is 1.51. The first-order valence-corrected chi connectivity index (χ1v) is 7.32. The highest BCUT2D eigenvalue weighted by molar-refractivity contribution is 8.00. The van der Waals surface area contributed by atoms with Gasteiger partial charge in [-0.15, -0.1) is 0 Å². The lowest BCUT2D eigenvalue weighted by molar-refractivity contribution is -0.141. The minimum absolute atomic E-state index is 0.0985. The van der Waals surface area contributed by atoms with Gasteiger partial charge in [0.15, 0.2) is 0 Å².